The maximum Gasteiger partial charge on any atom is 0.377 e. The average molecular weight is 156 g/mol. The predicted molar refractivity (Wildman–Crippen MR) is 36.6 cm³/mol. The summed E-state index contributed by atoms with van der Waals surface area (Å²) in [7, 11) is 0. The van der Waals surface area contributed by atoms with E-state index in [1.54, 1.807) is 12.2 Å². The van der Waals surface area contributed by atoms with Gasteiger partial charge < -0.3 is 5.11 Å². The highest BCUT2D eigenvalue weighted by atomic mass is 17.1. The van der Waals surface area contributed by atoms with Gasteiger partial charge in [-0.15, -0.1) is 0 Å². The van der Waals surface area contributed by atoms with E-state index in [1.807, 2.05) is 0 Å². The normalized spacial score (nSPS) is 28.5. The van der Waals surface area contributed by atoms with Gasteiger partial charge in [-0.1, -0.05) is 18.2 Å². The molecule has 0 bridgehead atoms. The Kier molecular flexibility index (Phi) is 2.07. The number of hydrogen-bond acceptors (Lipinski definition) is 4. The molecule has 0 heterocycles. The van der Waals surface area contributed by atoms with Gasteiger partial charge in [0.1, 0.15) is 0 Å². The summed E-state index contributed by atoms with van der Waals surface area (Å²) in [5.41, 5.74) is -1.69. The van der Waals surface area contributed by atoms with Gasteiger partial charge in [0.25, 0.3) is 0 Å². The highest BCUT2D eigenvalue weighted by Crippen LogP contribution is 2.18. The molecule has 1 aliphatic carbocycles. The zero-order valence-electron chi connectivity index (χ0n) is 5.73. The molecule has 1 unspecified atom stereocenters. The molecule has 0 saturated heterocycles. The lowest BCUT2D eigenvalue weighted by Crippen LogP contribution is -2.37. The number of aliphatic hydroxyl groups is 1. The lowest BCUT2D eigenvalue weighted by molar-refractivity contribution is -0.247. The molecule has 0 fully saturated rings. The van der Waals surface area contributed by atoms with E-state index in [2.05, 4.69) is 4.89 Å². The Morgan fingerprint density at radius 2 is 2.27 bits per heavy atom. The SMILES string of the molecule is O=C(OO)C1(O)C=CC=CC1. The second kappa shape index (κ2) is 2.86. The second-order valence-electron chi connectivity index (χ2n) is 2.29. The first-order chi connectivity index (χ1) is 5.19. The first-order valence-corrected chi connectivity index (χ1v) is 3.11. The molecule has 60 valence electrons. The summed E-state index contributed by atoms with van der Waals surface area (Å²) in [5, 5.41) is 17.4. The van der Waals surface area contributed by atoms with Crippen molar-refractivity contribution < 1.29 is 20.0 Å². The summed E-state index contributed by atoms with van der Waals surface area (Å²) in [6, 6.07) is 0. The topological polar surface area (TPSA) is 66.8 Å². The molecule has 2 N–H and O–H groups in total. The number of carbonyl (C=O) groups excluding carboxylic acids is 1. The number of hydrogen-bond donors (Lipinski definition) is 2. The van der Waals surface area contributed by atoms with Crippen LogP contribution in [-0.2, 0) is 9.68 Å². The van der Waals surface area contributed by atoms with Gasteiger partial charge in [0.05, 0.1) is 0 Å². The van der Waals surface area contributed by atoms with Crippen molar-refractivity contribution in [3.8, 4) is 0 Å². The molecule has 0 saturated carbocycles. The maximum absolute atomic E-state index is 10.7. The van der Waals surface area contributed by atoms with Crippen LogP contribution in [0.2, 0.25) is 0 Å². The van der Waals surface area contributed by atoms with E-state index in [-0.39, 0.29) is 6.42 Å². The quantitative estimate of drug-likeness (QED) is 0.422. The minimum atomic E-state index is -1.69. The lowest BCUT2D eigenvalue weighted by Gasteiger charge is -2.19. The van der Waals surface area contributed by atoms with Crippen LogP contribution in [0.4, 0.5) is 0 Å². The molecule has 4 heteroatoms. The number of allylic oxidation sites excluding steroid dienone is 2. The fourth-order valence-corrected chi connectivity index (χ4v) is 0.839. The molecule has 0 spiro atoms. The molecule has 0 aromatic heterocycles. The molecular formula is C7H8O4. The zero-order chi connectivity index (χ0) is 8.32. The van der Waals surface area contributed by atoms with Crippen LogP contribution in [0, 0.1) is 0 Å². The molecule has 0 radical (unpaired) electrons. The number of carbonyl (C=O) groups is 1. The van der Waals surface area contributed by atoms with E-state index in [0.717, 1.165) is 0 Å². The molecule has 0 aromatic rings. The summed E-state index contributed by atoms with van der Waals surface area (Å²) in [5.74, 6) is -1.06. The summed E-state index contributed by atoms with van der Waals surface area (Å²) in [6.45, 7) is 0. The Labute approximate surface area is 63.3 Å². The summed E-state index contributed by atoms with van der Waals surface area (Å²) >= 11 is 0. The van der Waals surface area contributed by atoms with Crippen LogP contribution in [0.1, 0.15) is 6.42 Å². The van der Waals surface area contributed by atoms with Crippen molar-refractivity contribution in [3.63, 3.8) is 0 Å². The van der Waals surface area contributed by atoms with E-state index in [4.69, 9.17) is 5.26 Å². The molecule has 11 heavy (non-hydrogen) atoms. The Morgan fingerprint density at radius 1 is 1.55 bits per heavy atom. The van der Waals surface area contributed by atoms with Crippen molar-refractivity contribution in [2.24, 2.45) is 0 Å². The summed E-state index contributed by atoms with van der Waals surface area (Å²) in [4.78, 5) is 14.1. The van der Waals surface area contributed by atoms with Crippen LogP contribution >= 0.6 is 0 Å². The maximum atomic E-state index is 10.7. The highest BCUT2D eigenvalue weighted by molar-refractivity contribution is 5.81. The third kappa shape index (κ3) is 1.47. The Balaban J connectivity index is 2.75. The molecular weight excluding hydrogens is 148 g/mol. The monoisotopic (exact) mass is 156 g/mol. The van der Waals surface area contributed by atoms with Crippen molar-refractivity contribution in [2.45, 2.75) is 12.0 Å². The molecule has 1 atom stereocenters. The van der Waals surface area contributed by atoms with Crippen molar-refractivity contribution in [3.05, 3.63) is 24.3 Å². The predicted octanol–water partition coefficient (Wildman–Crippen LogP) is 0.250. The molecule has 1 aliphatic rings. The van der Waals surface area contributed by atoms with Gasteiger partial charge in [0.15, 0.2) is 5.60 Å². The lowest BCUT2D eigenvalue weighted by atomic mass is 9.96. The van der Waals surface area contributed by atoms with E-state index < -0.39 is 11.6 Å². The Hall–Kier alpha value is -1.13. The summed E-state index contributed by atoms with van der Waals surface area (Å²) in [6.07, 6.45) is 6.21. The van der Waals surface area contributed by atoms with Gasteiger partial charge in [-0.2, -0.15) is 5.26 Å². The third-order valence-corrected chi connectivity index (χ3v) is 1.48. The largest absolute Gasteiger partial charge is 0.377 e. The van der Waals surface area contributed by atoms with Gasteiger partial charge in [-0.25, -0.2) is 4.79 Å². The van der Waals surface area contributed by atoms with Crippen LogP contribution in [0.5, 0.6) is 0 Å². The Bertz CT molecular complexity index is 218. The minimum absolute atomic E-state index is 0.128. The van der Waals surface area contributed by atoms with Crippen molar-refractivity contribution in [1.82, 2.24) is 0 Å². The first kappa shape index (κ1) is 7.97. The van der Waals surface area contributed by atoms with Crippen molar-refractivity contribution >= 4 is 5.97 Å². The van der Waals surface area contributed by atoms with Crippen LogP contribution in [0.25, 0.3) is 0 Å². The van der Waals surface area contributed by atoms with E-state index >= 15 is 0 Å². The van der Waals surface area contributed by atoms with Crippen molar-refractivity contribution in [2.75, 3.05) is 0 Å². The van der Waals surface area contributed by atoms with Gasteiger partial charge in [-0.05, 0) is 6.08 Å². The first-order valence-electron chi connectivity index (χ1n) is 3.11. The van der Waals surface area contributed by atoms with E-state index in [1.165, 1.54) is 12.2 Å². The molecule has 0 aromatic carbocycles. The average Bonchev–Trinajstić information content (AvgIpc) is 2.04. The van der Waals surface area contributed by atoms with Gasteiger partial charge >= 0.3 is 5.97 Å². The molecule has 4 nitrogen and oxygen atoms in total. The Morgan fingerprint density at radius 3 is 2.73 bits per heavy atom. The van der Waals surface area contributed by atoms with Gasteiger partial charge in [0.2, 0.25) is 0 Å². The van der Waals surface area contributed by atoms with Gasteiger partial charge in [-0.3, -0.25) is 4.89 Å². The second-order valence-corrected chi connectivity index (χ2v) is 2.29. The fraction of sp³-hybridized carbons (Fsp3) is 0.286. The van der Waals surface area contributed by atoms with Crippen LogP contribution in [0.15, 0.2) is 24.3 Å². The smallest absolute Gasteiger partial charge is 0.374 e. The third-order valence-electron chi connectivity index (χ3n) is 1.48. The van der Waals surface area contributed by atoms with Crippen LogP contribution in [-0.4, -0.2) is 21.9 Å². The highest BCUT2D eigenvalue weighted by Gasteiger charge is 2.34. The fourth-order valence-electron chi connectivity index (χ4n) is 0.839. The standard InChI is InChI=1S/C7H8O4/c8-6(11-10)7(9)4-2-1-3-5-7/h1-4,9-10H,5H2. The minimum Gasteiger partial charge on any atom is -0.374 e. The summed E-state index contributed by atoms with van der Waals surface area (Å²) < 4.78 is 0. The van der Waals surface area contributed by atoms with Gasteiger partial charge in [0, 0.05) is 6.42 Å². The van der Waals surface area contributed by atoms with E-state index in [0.29, 0.717) is 0 Å². The molecule has 0 amide bonds. The zero-order valence-corrected chi connectivity index (χ0v) is 5.73. The van der Waals surface area contributed by atoms with Crippen molar-refractivity contribution in [1.29, 1.82) is 0 Å². The number of rotatable bonds is 1. The molecule has 0 aliphatic heterocycles. The van der Waals surface area contributed by atoms with E-state index in [9.17, 15) is 9.90 Å². The van der Waals surface area contributed by atoms with Crippen LogP contribution < -0.4 is 0 Å². The molecule has 1 rings (SSSR count). The van der Waals surface area contributed by atoms with Crippen LogP contribution in [0.3, 0.4) is 0 Å².